The zero-order chi connectivity index (χ0) is 15.5. The van der Waals surface area contributed by atoms with Crippen molar-refractivity contribution in [3.8, 4) is 0 Å². The first kappa shape index (κ1) is 14.2. The number of nitrogens with zero attached hydrogens (tertiary/aromatic N) is 2. The number of ketones is 1. The second kappa shape index (κ2) is 5.93. The van der Waals surface area contributed by atoms with E-state index in [1.54, 1.807) is 6.07 Å². The molecule has 3 rings (SSSR count). The normalized spacial score (nSPS) is 13.6. The summed E-state index contributed by atoms with van der Waals surface area (Å²) in [6.45, 7) is 4.31. The maximum absolute atomic E-state index is 12.1. The van der Waals surface area contributed by atoms with Gasteiger partial charge < -0.3 is 0 Å². The highest BCUT2D eigenvalue weighted by Crippen LogP contribution is 2.25. The van der Waals surface area contributed by atoms with E-state index in [-0.39, 0.29) is 5.78 Å². The van der Waals surface area contributed by atoms with E-state index in [0.717, 1.165) is 5.69 Å². The predicted octanol–water partition coefficient (Wildman–Crippen LogP) is 4.18. The van der Waals surface area contributed by atoms with Gasteiger partial charge >= 0.3 is 0 Å². The number of benzene rings is 2. The molecule has 1 aliphatic heterocycles. The van der Waals surface area contributed by atoms with Crippen LogP contribution < -0.4 is 5.43 Å². The van der Waals surface area contributed by atoms with Crippen LogP contribution in [0.4, 0.5) is 11.4 Å². The summed E-state index contributed by atoms with van der Waals surface area (Å²) >= 11 is 0. The molecule has 1 aliphatic rings. The number of hydrogen-bond donors (Lipinski definition) is 1. The third-order valence-electron chi connectivity index (χ3n) is 3.58. The smallest absolute Gasteiger partial charge is 0.215 e. The van der Waals surface area contributed by atoms with Gasteiger partial charge in [0.1, 0.15) is 5.71 Å². The molecule has 0 saturated heterocycles. The first-order valence-electron chi connectivity index (χ1n) is 7.26. The minimum absolute atomic E-state index is 0.0868. The number of hydrazone groups is 1. The topological polar surface area (TPSA) is 53.8 Å². The van der Waals surface area contributed by atoms with Gasteiger partial charge in [-0.3, -0.25) is 10.2 Å². The maximum Gasteiger partial charge on any atom is 0.215 e. The zero-order valence-electron chi connectivity index (χ0n) is 12.6. The van der Waals surface area contributed by atoms with Gasteiger partial charge in [-0.2, -0.15) is 5.10 Å². The summed E-state index contributed by atoms with van der Waals surface area (Å²) in [4.78, 5) is 16.4. The third-order valence-corrected chi connectivity index (χ3v) is 3.58. The Labute approximate surface area is 129 Å². The van der Waals surface area contributed by atoms with E-state index in [2.05, 4.69) is 41.5 Å². The molecule has 0 spiro atoms. The molecule has 0 saturated carbocycles. The highest BCUT2D eigenvalue weighted by Gasteiger charge is 2.22. The number of hydrogen-bond acceptors (Lipinski definition) is 4. The molecule has 0 atom stereocenters. The number of carbonyl (C=O) groups is 1. The molecule has 2 aromatic rings. The van der Waals surface area contributed by atoms with Crippen LogP contribution in [0.25, 0.3) is 0 Å². The van der Waals surface area contributed by atoms with E-state index in [9.17, 15) is 4.79 Å². The molecule has 0 bridgehead atoms. The number of Topliss-reactive ketones (excluding diaryl/α,β-unsaturated/α-hetero) is 1. The molecule has 0 aromatic heterocycles. The maximum atomic E-state index is 12.1. The van der Waals surface area contributed by atoms with Crippen molar-refractivity contribution >= 4 is 29.1 Å². The summed E-state index contributed by atoms with van der Waals surface area (Å²) < 4.78 is 0. The van der Waals surface area contributed by atoms with E-state index in [4.69, 9.17) is 0 Å². The van der Waals surface area contributed by atoms with E-state index in [0.29, 0.717) is 22.9 Å². The van der Waals surface area contributed by atoms with Crippen LogP contribution >= 0.6 is 0 Å². The lowest BCUT2D eigenvalue weighted by molar-refractivity contribution is 0.107. The molecule has 0 amide bonds. The van der Waals surface area contributed by atoms with Gasteiger partial charge in [0.05, 0.1) is 17.6 Å². The molecule has 0 unspecified atom stereocenters. The number of fused-ring (bicyclic) bond motifs is 1. The standard InChI is InChI=1S/C18H17N3O/c1-12(2)13-7-9-14(10-8-13)21-19-11-17-18(22)15-5-3-4-6-16(15)20-17/h3-12,21H,1-2H3/b19-11-. The number of rotatable bonds is 4. The van der Waals surface area contributed by atoms with Crippen molar-refractivity contribution in [3.63, 3.8) is 0 Å². The molecule has 110 valence electrons. The van der Waals surface area contributed by atoms with Crippen molar-refractivity contribution in [2.24, 2.45) is 10.1 Å². The Balaban J connectivity index is 1.67. The fraction of sp³-hybridized carbons (Fsp3) is 0.167. The lowest BCUT2D eigenvalue weighted by atomic mass is 10.0. The fourth-order valence-corrected chi connectivity index (χ4v) is 2.28. The molecule has 4 nitrogen and oxygen atoms in total. The fourth-order valence-electron chi connectivity index (χ4n) is 2.28. The highest BCUT2D eigenvalue weighted by molar-refractivity contribution is 6.67. The van der Waals surface area contributed by atoms with Gasteiger partial charge in [-0.25, -0.2) is 4.99 Å². The van der Waals surface area contributed by atoms with Crippen molar-refractivity contribution in [1.29, 1.82) is 0 Å². The van der Waals surface area contributed by atoms with Crippen LogP contribution in [-0.4, -0.2) is 17.7 Å². The first-order valence-corrected chi connectivity index (χ1v) is 7.26. The van der Waals surface area contributed by atoms with Gasteiger partial charge in [0.25, 0.3) is 0 Å². The summed E-state index contributed by atoms with van der Waals surface area (Å²) in [5.41, 5.74) is 6.77. The SMILES string of the molecule is CC(C)c1ccc(N/N=C\C2=Nc3ccccc3C2=O)cc1. The molecule has 2 aromatic carbocycles. The largest absolute Gasteiger partial charge is 0.287 e. The molecule has 4 heteroatoms. The Kier molecular flexibility index (Phi) is 3.83. The third kappa shape index (κ3) is 2.81. The zero-order valence-corrected chi connectivity index (χ0v) is 12.6. The second-order valence-electron chi connectivity index (χ2n) is 5.49. The molecular formula is C18H17N3O. The quantitative estimate of drug-likeness (QED) is 0.678. The number of carbonyl (C=O) groups excluding carboxylic acids is 1. The van der Waals surface area contributed by atoms with Crippen LogP contribution in [0.3, 0.4) is 0 Å². The molecule has 1 heterocycles. The monoisotopic (exact) mass is 291 g/mol. The van der Waals surface area contributed by atoms with Crippen LogP contribution in [-0.2, 0) is 0 Å². The van der Waals surface area contributed by atoms with Crippen molar-refractivity contribution in [2.45, 2.75) is 19.8 Å². The Hall–Kier alpha value is -2.75. The molecule has 0 fully saturated rings. The Morgan fingerprint density at radius 3 is 2.50 bits per heavy atom. The van der Waals surface area contributed by atoms with Gasteiger partial charge in [0, 0.05) is 5.56 Å². The average Bonchev–Trinajstić information content (AvgIpc) is 2.85. The Morgan fingerprint density at radius 1 is 1.09 bits per heavy atom. The van der Waals surface area contributed by atoms with Gasteiger partial charge in [0.2, 0.25) is 5.78 Å². The van der Waals surface area contributed by atoms with E-state index < -0.39 is 0 Å². The Bertz CT molecular complexity index is 758. The lowest BCUT2D eigenvalue weighted by Crippen LogP contribution is -2.11. The van der Waals surface area contributed by atoms with Crippen molar-refractivity contribution in [1.82, 2.24) is 0 Å². The van der Waals surface area contributed by atoms with E-state index in [1.165, 1.54) is 11.8 Å². The molecule has 22 heavy (non-hydrogen) atoms. The van der Waals surface area contributed by atoms with Gasteiger partial charge in [-0.1, -0.05) is 38.1 Å². The highest BCUT2D eigenvalue weighted by atomic mass is 16.1. The molecule has 1 N–H and O–H groups in total. The first-order chi connectivity index (χ1) is 10.6. The number of para-hydroxylation sites is 1. The summed E-state index contributed by atoms with van der Waals surface area (Å²) in [5, 5.41) is 4.10. The second-order valence-corrected chi connectivity index (χ2v) is 5.49. The number of aliphatic imine (C=N–C) groups is 1. The Morgan fingerprint density at radius 2 is 1.82 bits per heavy atom. The molecule has 0 radical (unpaired) electrons. The minimum atomic E-state index is -0.0868. The van der Waals surface area contributed by atoms with Gasteiger partial charge in [-0.05, 0) is 35.7 Å². The van der Waals surface area contributed by atoms with Gasteiger partial charge in [-0.15, -0.1) is 0 Å². The van der Waals surface area contributed by atoms with Crippen molar-refractivity contribution < 1.29 is 4.79 Å². The minimum Gasteiger partial charge on any atom is -0.287 e. The van der Waals surface area contributed by atoms with Crippen LogP contribution in [0.2, 0.25) is 0 Å². The predicted molar refractivity (Wildman–Crippen MR) is 90.5 cm³/mol. The lowest BCUT2D eigenvalue weighted by Gasteiger charge is -2.06. The van der Waals surface area contributed by atoms with Gasteiger partial charge in [0.15, 0.2) is 0 Å². The summed E-state index contributed by atoms with van der Waals surface area (Å²) in [6.07, 6.45) is 1.47. The summed E-state index contributed by atoms with van der Waals surface area (Å²) in [6, 6.07) is 15.4. The number of anilines is 1. The molecule has 0 aliphatic carbocycles. The summed E-state index contributed by atoms with van der Waals surface area (Å²) in [7, 11) is 0. The van der Waals surface area contributed by atoms with E-state index >= 15 is 0 Å². The van der Waals surface area contributed by atoms with Crippen LogP contribution in [0.5, 0.6) is 0 Å². The van der Waals surface area contributed by atoms with Crippen molar-refractivity contribution in [2.75, 3.05) is 5.43 Å². The molecular weight excluding hydrogens is 274 g/mol. The van der Waals surface area contributed by atoms with Crippen molar-refractivity contribution in [3.05, 3.63) is 59.7 Å². The number of nitrogens with one attached hydrogen (secondary N) is 1. The summed E-state index contributed by atoms with van der Waals surface area (Å²) in [5.74, 6) is 0.415. The van der Waals surface area contributed by atoms with Crippen LogP contribution in [0, 0.1) is 0 Å². The van der Waals surface area contributed by atoms with Crippen LogP contribution in [0.15, 0.2) is 58.6 Å². The average molecular weight is 291 g/mol. The van der Waals surface area contributed by atoms with E-state index in [1.807, 2.05) is 30.3 Å². The van der Waals surface area contributed by atoms with Crippen LogP contribution in [0.1, 0.15) is 35.7 Å².